The third-order valence-electron chi connectivity index (χ3n) is 15.9. The molecule has 5 aromatic rings. The molecule has 1 heterocycles. The summed E-state index contributed by atoms with van der Waals surface area (Å²) < 4.78 is 25.8. The van der Waals surface area contributed by atoms with Crippen LogP contribution in [0.1, 0.15) is 128 Å². The topological polar surface area (TPSA) is 142 Å². The van der Waals surface area contributed by atoms with Crippen molar-refractivity contribution in [2.75, 3.05) is 18.5 Å². The Morgan fingerprint density at radius 2 is 1.18 bits per heavy atom. The average Bonchev–Trinajstić information content (AvgIpc) is 4.12. The van der Waals surface area contributed by atoms with E-state index in [4.69, 9.17) is 100 Å². The van der Waals surface area contributed by atoms with Gasteiger partial charge < -0.3 is 28.1 Å². The van der Waals surface area contributed by atoms with Crippen LogP contribution in [0.5, 0.6) is 11.5 Å². The number of alkyl halides is 2. The molecule has 0 saturated carbocycles. The lowest BCUT2D eigenvalue weighted by Gasteiger charge is -2.40. The molecule has 5 rings (SSSR count). The molecule has 1 amide bonds. The molecule has 0 bridgehead atoms. The second-order valence-electron chi connectivity index (χ2n) is 24.9. The fourth-order valence-corrected chi connectivity index (χ4v) is 12.5. The molecule has 1 aromatic heterocycles. The quantitative estimate of drug-likeness (QED) is 0.0286. The second-order valence-corrected chi connectivity index (χ2v) is 43.0. The Balaban J connectivity index is 0.000000780. The fourth-order valence-electron chi connectivity index (χ4n) is 7.61. The van der Waals surface area contributed by atoms with Gasteiger partial charge in [0.15, 0.2) is 22.4 Å². The van der Waals surface area contributed by atoms with Gasteiger partial charge in [0, 0.05) is 11.1 Å². The van der Waals surface area contributed by atoms with Crippen molar-refractivity contribution in [3.05, 3.63) is 137 Å². The summed E-state index contributed by atoms with van der Waals surface area (Å²) in [6.07, 6.45) is 0.268. The van der Waals surface area contributed by atoms with Gasteiger partial charge in [-0.15, -0.1) is 33.4 Å². The first-order valence-corrected chi connectivity index (χ1v) is 40.9. The van der Waals surface area contributed by atoms with Gasteiger partial charge in [0.05, 0.1) is 69.2 Å². The Morgan fingerprint density at radius 3 is 1.61 bits per heavy atom. The maximum Gasteiger partial charge on any atom is 0.250 e. The van der Waals surface area contributed by atoms with Crippen LogP contribution in [0.3, 0.4) is 0 Å². The number of nitrogens with zero attached hydrogens (tertiary/aromatic N) is 4. The van der Waals surface area contributed by atoms with Crippen LogP contribution in [0, 0.1) is 32.9 Å². The van der Waals surface area contributed by atoms with Crippen molar-refractivity contribution in [3.8, 4) is 23.0 Å². The molecule has 4 aromatic carbocycles. The minimum Gasteiger partial charge on any atom is -0.543 e. The Kier molecular flexibility index (Phi) is 31.8. The van der Waals surface area contributed by atoms with Gasteiger partial charge in [0.25, 0.3) is 8.32 Å². The summed E-state index contributed by atoms with van der Waals surface area (Å²) in [7, 11) is -5.41. The number of amides is 1. The van der Waals surface area contributed by atoms with Crippen LogP contribution < -0.4 is 9.74 Å². The van der Waals surface area contributed by atoms with Gasteiger partial charge in [-0.1, -0.05) is 152 Å². The van der Waals surface area contributed by atoms with Crippen LogP contribution in [0.25, 0.3) is 21.1 Å². The minimum atomic E-state index is -2.21. The molecule has 4 atom stereocenters. The zero-order chi connectivity index (χ0) is 64.7. The van der Waals surface area contributed by atoms with E-state index in [0.29, 0.717) is 67.9 Å². The number of hydrogen-bond acceptors (Lipinski definition) is 10. The number of ketones is 1. The van der Waals surface area contributed by atoms with Crippen LogP contribution in [0.2, 0.25) is 74.5 Å². The summed E-state index contributed by atoms with van der Waals surface area (Å²) in [5.74, 6) is -0.0705. The summed E-state index contributed by atoms with van der Waals surface area (Å²) in [5.41, 5.74) is 5.28. The van der Waals surface area contributed by atoms with Crippen LogP contribution >= 0.6 is 77.0 Å². The van der Waals surface area contributed by atoms with Gasteiger partial charge >= 0.3 is 0 Å². The van der Waals surface area contributed by atoms with E-state index in [1.54, 1.807) is 42.5 Å². The van der Waals surface area contributed by atoms with E-state index in [1.807, 2.05) is 46.5 Å². The first-order valence-electron chi connectivity index (χ1n) is 27.2. The highest BCUT2D eigenvalue weighted by atomic mass is 35.5. The number of carbonyl (C=O) groups is 2. The lowest BCUT2D eigenvalue weighted by molar-refractivity contribution is -0.127. The maximum atomic E-state index is 13.7. The van der Waals surface area contributed by atoms with E-state index < -0.39 is 37.0 Å². The summed E-state index contributed by atoms with van der Waals surface area (Å²) in [6, 6.07) is 17.0. The molecule has 0 aliphatic carbocycles. The number of halogens is 6. The van der Waals surface area contributed by atoms with Crippen molar-refractivity contribution in [3.63, 3.8) is 0 Å². The van der Waals surface area contributed by atoms with E-state index in [-0.39, 0.29) is 68.9 Å². The number of aromatic hydroxyl groups is 1. The number of phenols is 1. The highest BCUT2D eigenvalue weighted by molar-refractivity contribution is 7.96. The fraction of sp³-hybridized carbons (Fsp3) is 0.516. The van der Waals surface area contributed by atoms with Gasteiger partial charge in [-0.2, -0.15) is 0 Å². The number of aromatic nitrogens is 2. The summed E-state index contributed by atoms with van der Waals surface area (Å²) in [5, 5.41) is 22.8. The Hall–Kier alpha value is -3.43. The molecule has 85 heavy (non-hydrogen) atoms. The molecule has 0 spiro atoms. The highest BCUT2D eigenvalue weighted by Gasteiger charge is 2.43. The lowest BCUT2D eigenvalue weighted by atomic mass is 9.91. The standard InChI is InChI=1S/C33H48Cl2N2O4Si2.C26H31Cl2N3O3Si.CH2Cl2.CH3PS.CH4/c1-21-23(14-16-27(36-9)30(21)35)18-25(22(2)40-42(10,11)32(3,4)5)31(39)37-20-28(38)24-15-17-29(26(34)19-24)41-43(12,13)33(6,7)8;1-15-17(9-11-21(29-6)23(15)28)13-19(16(2)34-35(7,8)26(3,4)5)25-31-30-24(33-25)18-10-12-22(32)20(27)14-18;2-1-3;1-2-3;/h14-17,19,22,25H,18,20H2,1-8,10-13H3,(H,37,39);9-12,14,16,19,32H,13H2,1-5,7-8H3;1H2;1H3;1H4/t22-,25-;16-,19-;;;/m11.../s1. The van der Waals surface area contributed by atoms with Crippen molar-refractivity contribution in [1.29, 1.82) is 0 Å². The third kappa shape index (κ3) is 22.5. The lowest BCUT2D eigenvalue weighted by Crippen LogP contribution is -2.48. The van der Waals surface area contributed by atoms with Gasteiger partial charge in [0.2, 0.25) is 29.1 Å². The number of benzene rings is 4. The molecule has 23 heteroatoms. The monoisotopic (exact) mass is 1370 g/mol. The molecule has 2 N–H and O–H groups in total. The predicted octanol–water partition coefficient (Wildman–Crippen LogP) is 21.2. The van der Waals surface area contributed by atoms with E-state index in [0.717, 1.165) is 29.6 Å². The molecule has 0 aliphatic rings. The van der Waals surface area contributed by atoms with Crippen LogP contribution in [-0.4, -0.2) is 82.7 Å². The average molecular weight is 1380 g/mol. The first kappa shape index (κ1) is 79.6. The zero-order valence-corrected chi connectivity index (χ0v) is 61.5. The van der Waals surface area contributed by atoms with Crippen molar-refractivity contribution in [2.45, 2.75) is 183 Å². The van der Waals surface area contributed by atoms with E-state index in [9.17, 15) is 14.7 Å². The minimum absolute atomic E-state index is 0. The van der Waals surface area contributed by atoms with Crippen molar-refractivity contribution < 1.29 is 32.4 Å². The van der Waals surface area contributed by atoms with Crippen molar-refractivity contribution in [2.24, 2.45) is 5.92 Å². The summed E-state index contributed by atoms with van der Waals surface area (Å²) in [6.45, 7) is 56.7. The second kappa shape index (κ2) is 34.0. The summed E-state index contributed by atoms with van der Waals surface area (Å²) in [4.78, 5) is 33.8. The maximum absolute atomic E-state index is 13.7. The smallest absolute Gasteiger partial charge is 0.250 e. The van der Waals surface area contributed by atoms with E-state index >= 15 is 0 Å². The highest BCUT2D eigenvalue weighted by Crippen LogP contribution is 2.43. The van der Waals surface area contributed by atoms with Crippen LogP contribution in [0.4, 0.5) is 11.4 Å². The SMILES string of the molecule is C.CP=S.ClCCl.[C-]#[N+]c1ccc(C[C@@H](C(=O)NCC(=O)c2ccc(O[Si](C)(C)C(C)(C)C)c(Cl)c2)[C@@H](C)O[Si](C)(C)C(C)(C)C)c(C)c1Cl.[C-]#[N+]c1ccc(C[C@@H](c2nnc(-c3ccc(O)c(Cl)c3)o2)[C@@H](C)O[Si](C)(C)C(C)(C)C)c(C)c1Cl. The number of Topliss-reactive ketones (excluding diaryl/α,β-unsaturated/α-hetero) is 1. The van der Waals surface area contributed by atoms with E-state index in [1.165, 1.54) is 6.07 Å². The Bertz CT molecular complexity index is 3150. The first-order chi connectivity index (χ1) is 38.6. The molecular formula is C62H88Cl6N5O7PSSi3. The largest absolute Gasteiger partial charge is 0.543 e. The molecular weight excluding hydrogens is 1290 g/mol. The van der Waals surface area contributed by atoms with Crippen molar-refractivity contribution >= 4 is 137 Å². The molecule has 12 nitrogen and oxygen atoms in total. The molecule has 0 fully saturated rings. The summed E-state index contributed by atoms with van der Waals surface area (Å²) >= 11 is 39.4. The van der Waals surface area contributed by atoms with Crippen LogP contribution in [0.15, 0.2) is 65.1 Å². The van der Waals surface area contributed by atoms with Crippen LogP contribution in [-0.2, 0) is 38.3 Å². The zero-order valence-electron chi connectivity index (χ0n) is 52.2. The number of hydrogen-bond donors (Lipinski definition) is 2. The Morgan fingerprint density at radius 1 is 0.718 bits per heavy atom. The molecule has 0 aliphatic heterocycles. The number of carbonyl (C=O) groups excluding carboxylic acids is 2. The molecule has 0 radical (unpaired) electrons. The van der Waals surface area contributed by atoms with Gasteiger partial charge in [-0.25, -0.2) is 9.69 Å². The number of nitrogens with one attached hydrogen (secondary N) is 1. The predicted molar refractivity (Wildman–Crippen MR) is 371 cm³/mol. The van der Waals surface area contributed by atoms with Crippen molar-refractivity contribution in [1.82, 2.24) is 15.5 Å². The molecule has 0 saturated heterocycles. The molecule has 0 unspecified atom stereocenters. The van der Waals surface area contributed by atoms with Gasteiger partial charge in [-0.05, 0) is 168 Å². The number of phenolic OH excluding ortho intramolecular Hbond substituents is 1. The van der Waals surface area contributed by atoms with Gasteiger partial charge in [0.1, 0.15) is 11.5 Å². The number of rotatable bonds is 18. The van der Waals surface area contributed by atoms with Gasteiger partial charge in [-0.3, -0.25) is 9.59 Å². The normalized spacial score (nSPS) is 13.3. The Labute approximate surface area is 548 Å². The van der Waals surface area contributed by atoms with E-state index in [2.05, 4.69) is 139 Å². The third-order valence-corrected chi connectivity index (χ3v) is 31.0. The molecule has 468 valence electrons.